The zero-order chi connectivity index (χ0) is 14.5. The Balaban J connectivity index is 1.96. The van der Waals surface area contributed by atoms with Gasteiger partial charge < -0.3 is 4.74 Å². The highest BCUT2D eigenvalue weighted by molar-refractivity contribution is 5.71. The second kappa shape index (κ2) is 6.84. The molecule has 3 nitrogen and oxygen atoms in total. The number of halogens is 1. The lowest BCUT2D eigenvalue weighted by atomic mass is 9.93. The standard InChI is InChI=1S/C16H22FNO2/c1-3-4-9-20-16(19)11-18-8-7-13-5-6-14(17)10-15(13)12(18)2/h5-6,10,12H,3-4,7-9,11H2,1-2H3. The van der Waals surface area contributed by atoms with Crippen molar-refractivity contribution < 1.29 is 13.9 Å². The molecule has 0 saturated carbocycles. The molecule has 0 amide bonds. The van der Waals surface area contributed by atoms with Gasteiger partial charge in [-0.25, -0.2) is 4.39 Å². The van der Waals surface area contributed by atoms with E-state index in [0.29, 0.717) is 6.61 Å². The van der Waals surface area contributed by atoms with Gasteiger partial charge in [-0.1, -0.05) is 19.4 Å². The zero-order valence-corrected chi connectivity index (χ0v) is 12.2. The summed E-state index contributed by atoms with van der Waals surface area (Å²) in [5.74, 6) is -0.409. The van der Waals surface area contributed by atoms with Crippen molar-refractivity contribution in [3.8, 4) is 0 Å². The fourth-order valence-electron chi connectivity index (χ4n) is 2.59. The highest BCUT2D eigenvalue weighted by Gasteiger charge is 2.26. The number of ether oxygens (including phenoxy) is 1. The van der Waals surface area contributed by atoms with Gasteiger partial charge in [-0.05, 0) is 43.0 Å². The van der Waals surface area contributed by atoms with E-state index in [9.17, 15) is 9.18 Å². The van der Waals surface area contributed by atoms with E-state index in [-0.39, 0.29) is 24.4 Å². The minimum Gasteiger partial charge on any atom is -0.465 e. The van der Waals surface area contributed by atoms with Crippen LogP contribution in [-0.4, -0.2) is 30.6 Å². The van der Waals surface area contributed by atoms with Gasteiger partial charge in [0.1, 0.15) is 5.82 Å². The number of esters is 1. The molecular weight excluding hydrogens is 257 g/mol. The van der Waals surface area contributed by atoms with E-state index >= 15 is 0 Å². The van der Waals surface area contributed by atoms with Gasteiger partial charge in [-0.2, -0.15) is 0 Å². The van der Waals surface area contributed by atoms with Crippen LogP contribution in [0.3, 0.4) is 0 Å². The molecular formula is C16H22FNO2. The monoisotopic (exact) mass is 279 g/mol. The van der Waals surface area contributed by atoms with E-state index in [1.54, 1.807) is 6.07 Å². The molecule has 0 saturated heterocycles. The number of fused-ring (bicyclic) bond motifs is 1. The molecule has 1 aromatic rings. The van der Waals surface area contributed by atoms with Crippen molar-refractivity contribution >= 4 is 5.97 Å². The maximum absolute atomic E-state index is 13.4. The normalized spacial score (nSPS) is 18.6. The topological polar surface area (TPSA) is 29.5 Å². The third-order valence-electron chi connectivity index (χ3n) is 3.87. The summed E-state index contributed by atoms with van der Waals surface area (Å²) in [7, 11) is 0. The zero-order valence-electron chi connectivity index (χ0n) is 12.2. The van der Waals surface area contributed by atoms with Crippen molar-refractivity contribution in [1.82, 2.24) is 4.90 Å². The van der Waals surface area contributed by atoms with Gasteiger partial charge >= 0.3 is 5.97 Å². The second-order valence-electron chi connectivity index (χ2n) is 5.31. The van der Waals surface area contributed by atoms with Gasteiger partial charge in [0.05, 0.1) is 13.2 Å². The summed E-state index contributed by atoms with van der Waals surface area (Å²) in [5.41, 5.74) is 2.16. The lowest BCUT2D eigenvalue weighted by molar-refractivity contribution is -0.145. The largest absolute Gasteiger partial charge is 0.465 e. The van der Waals surface area contributed by atoms with Crippen LogP contribution < -0.4 is 0 Å². The number of unbranched alkanes of at least 4 members (excludes halogenated alkanes) is 1. The third-order valence-corrected chi connectivity index (χ3v) is 3.87. The number of rotatable bonds is 5. The molecule has 1 aliphatic heterocycles. The number of benzene rings is 1. The maximum Gasteiger partial charge on any atom is 0.320 e. The Labute approximate surface area is 119 Å². The van der Waals surface area contributed by atoms with Crippen LogP contribution in [0.15, 0.2) is 18.2 Å². The molecule has 4 heteroatoms. The van der Waals surface area contributed by atoms with Crippen LogP contribution in [0.2, 0.25) is 0 Å². The van der Waals surface area contributed by atoms with Crippen LogP contribution in [-0.2, 0) is 16.0 Å². The number of nitrogens with zero attached hydrogens (tertiary/aromatic N) is 1. The molecule has 20 heavy (non-hydrogen) atoms. The Morgan fingerprint density at radius 3 is 3.05 bits per heavy atom. The van der Waals surface area contributed by atoms with Crippen molar-refractivity contribution in [3.63, 3.8) is 0 Å². The molecule has 2 rings (SSSR count). The number of carbonyl (C=O) groups is 1. The molecule has 0 radical (unpaired) electrons. The van der Waals surface area contributed by atoms with Crippen molar-refractivity contribution in [2.75, 3.05) is 19.7 Å². The first-order chi connectivity index (χ1) is 9.61. The van der Waals surface area contributed by atoms with E-state index in [1.165, 1.54) is 11.6 Å². The summed E-state index contributed by atoms with van der Waals surface area (Å²) in [6, 6.07) is 4.97. The first-order valence-corrected chi connectivity index (χ1v) is 7.29. The van der Waals surface area contributed by atoms with Gasteiger partial charge in [-0.15, -0.1) is 0 Å². The Morgan fingerprint density at radius 2 is 2.30 bits per heavy atom. The van der Waals surface area contributed by atoms with Crippen LogP contribution in [0.1, 0.15) is 43.9 Å². The number of carbonyl (C=O) groups excluding carboxylic acids is 1. The summed E-state index contributed by atoms with van der Waals surface area (Å²) in [6.45, 7) is 5.65. The van der Waals surface area contributed by atoms with Crippen molar-refractivity contribution in [2.45, 2.75) is 39.2 Å². The predicted octanol–water partition coefficient (Wildman–Crippen LogP) is 3.09. The van der Waals surface area contributed by atoms with E-state index in [1.807, 2.05) is 13.0 Å². The Kier molecular flexibility index (Phi) is 5.12. The van der Waals surface area contributed by atoms with E-state index in [2.05, 4.69) is 11.8 Å². The van der Waals surface area contributed by atoms with Crippen LogP contribution in [0.4, 0.5) is 4.39 Å². The number of hydrogen-bond donors (Lipinski definition) is 0. The lowest BCUT2D eigenvalue weighted by Gasteiger charge is -2.34. The summed E-state index contributed by atoms with van der Waals surface area (Å²) < 4.78 is 18.5. The van der Waals surface area contributed by atoms with Crippen LogP contribution in [0.25, 0.3) is 0 Å². The van der Waals surface area contributed by atoms with Crippen LogP contribution in [0.5, 0.6) is 0 Å². The summed E-state index contributed by atoms with van der Waals surface area (Å²) in [4.78, 5) is 13.8. The van der Waals surface area contributed by atoms with Crippen molar-refractivity contribution in [3.05, 3.63) is 35.1 Å². The fourth-order valence-corrected chi connectivity index (χ4v) is 2.59. The first kappa shape index (κ1) is 15.0. The van der Waals surface area contributed by atoms with Gasteiger partial charge in [0, 0.05) is 12.6 Å². The number of hydrogen-bond acceptors (Lipinski definition) is 3. The fraction of sp³-hybridized carbons (Fsp3) is 0.562. The van der Waals surface area contributed by atoms with Crippen LogP contribution in [0, 0.1) is 5.82 Å². The molecule has 1 unspecified atom stereocenters. The minimum absolute atomic E-state index is 0.0492. The molecule has 1 heterocycles. The molecule has 0 aromatic heterocycles. The molecule has 1 aliphatic rings. The predicted molar refractivity (Wildman–Crippen MR) is 76.0 cm³/mol. The minimum atomic E-state index is -0.219. The molecule has 110 valence electrons. The SMILES string of the molecule is CCCCOC(=O)CN1CCc2ccc(F)cc2C1C. The van der Waals surface area contributed by atoms with Gasteiger partial charge in [0.2, 0.25) is 0 Å². The molecule has 0 bridgehead atoms. The Hall–Kier alpha value is -1.42. The quantitative estimate of drug-likeness (QED) is 0.613. The maximum atomic E-state index is 13.4. The first-order valence-electron chi connectivity index (χ1n) is 7.29. The summed E-state index contributed by atoms with van der Waals surface area (Å²) >= 11 is 0. The van der Waals surface area contributed by atoms with E-state index in [4.69, 9.17) is 4.74 Å². The van der Waals surface area contributed by atoms with Crippen molar-refractivity contribution in [1.29, 1.82) is 0 Å². The third kappa shape index (κ3) is 3.57. The highest BCUT2D eigenvalue weighted by atomic mass is 19.1. The average Bonchev–Trinajstić information content (AvgIpc) is 2.43. The molecule has 0 fully saturated rings. The van der Waals surface area contributed by atoms with Gasteiger partial charge in [-0.3, -0.25) is 9.69 Å². The highest BCUT2D eigenvalue weighted by Crippen LogP contribution is 2.29. The van der Waals surface area contributed by atoms with Gasteiger partial charge in [0.25, 0.3) is 0 Å². The van der Waals surface area contributed by atoms with Crippen molar-refractivity contribution in [2.24, 2.45) is 0 Å². The molecule has 0 N–H and O–H groups in total. The average molecular weight is 279 g/mol. The molecule has 0 spiro atoms. The van der Waals surface area contributed by atoms with Gasteiger partial charge in [0.15, 0.2) is 0 Å². The Morgan fingerprint density at radius 1 is 1.50 bits per heavy atom. The van der Waals surface area contributed by atoms with E-state index < -0.39 is 0 Å². The molecule has 1 aromatic carbocycles. The summed E-state index contributed by atoms with van der Waals surface area (Å²) in [5, 5.41) is 0. The van der Waals surface area contributed by atoms with E-state index in [0.717, 1.165) is 31.4 Å². The lowest BCUT2D eigenvalue weighted by Crippen LogP contribution is -2.38. The molecule has 1 atom stereocenters. The Bertz CT molecular complexity index is 476. The summed E-state index contributed by atoms with van der Waals surface area (Å²) in [6.07, 6.45) is 2.76. The van der Waals surface area contributed by atoms with Crippen LogP contribution >= 0.6 is 0 Å². The second-order valence-corrected chi connectivity index (χ2v) is 5.31. The molecule has 0 aliphatic carbocycles. The smallest absolute Gasteiger partial charge is 0.320 e.